The molecule has 3 heterocycles. The molecular formula is C27H34F2N6O6. The first kappa shape index (κ1) is 31.2. The Hall–Kier alpha value is -4.33. The Balaban J connectivity index is 0.000000496. The van der Waals surface area contributed by atoms with Crippen molar-refractivity contribution in [1.82, 2.24) is 20.5 Å². The second-order valence-corrected chi connectivity index (χ2v) is 9.20. The standard InChI is InChI=1S/C21H29F2N5O5.C6H5NO/c1-4-32-20(30)25-11-15-12-28(21(31)33-15)14-9-16(22)18(17(23)10-14)26-5-7-27(8-6-26)19(29)13(2)24-3;8-5-6-2-1-3-7-4-6/h9-10,13,15,24H,4-8,11-12H2,1-3H3,(H,25,30);1-5H. The molecule has 1 aromatic carbocycles. The van der Waals surface area contributed by atoms with Gasteiger partial charge in [-0.3, -0.25) is 19.5 Å². The van der Waals surface area contributed by atoms with Crippen LogP contribution in [-0.4, -0.2) is 99.3 Å². The lowest BCUT2D eigenvalue weighted by Gasteiger charge is -2.37. The van der Waals surface area contributed by atoms with Crippen molar-refractivity contribution in [2.75, 3.05) is 62.7 Å². The predicted octanol–water partition coefficient (Wildman–Crippen LogP) is 2.19. The SMILES string of the molecule is CCOC(=O)NCC1CN(c2cc(F)c(N3CCN(C(=O)C(C)NC)CC3)c(F)c2)C(=O)O1.O=Cc1cccnc1. The molecule has 2 aliphatic rings. The number of alkyl carbamates (subject to hydrolysis) is 1. The van der Waals surface area contributed by atoms with Crippen molar-refractivity contribution in [2.45, 2.75) is 26.0 Å². The average Bonchev–Trinajstić information content (AvgIpc) is 3.36. The van der Waals surface area contributed by atoms with E-state index in [0.717, 1.165) is 23.3 Å². The van der Waals surface area contributed by atoms with Gasteiger partial charge in [0.1, 0.15) is 11.8 Å². The molecule has 1 aromatic heterocycles. The monoisotopic (exact) mass is 576 g/mol. The molecule has 2 N–H and O–H groups in total. The number of carbonyl (C=O) groups is 4. The highest BCUT2D eigenvalue weighted by atomic mass is 19.1. The number of piperazine rings is 1. The van der Waals surface area contributed by atoms with Gasteiger partial charge in [-0.05, 0) is 33.0 Å². The zero-order valence-electron chi connectivity index (χ0n) is 23.1. The lowest BCUT2D eigenvalue weighted by Crippen LogP contribution is -2.53. The van der Waals surface area contributed by atoms with Gasteiger partial charge in [0.25, 0.3) is 0 Å². The van der Waals surface area contributed by atoms with Crippen LogP contribution in [0, 0.1) is 11.6 Å². The molecule has 41 heavy (non-hydrogen) atoms. The van der Waals surface area contributed by atoms with E-state index < -0.39 is 29.9 Å². The van der Waals surface area contributed by atoms with Gasteiger partial charge in [0.05, 0.1) is 31.4 Å². The number of rotatable bonds is 8. The third kappa shape index (κ3) is 8.33. The molecule has 2 saturated heterocycles. The quantitative estimate of drug-likeness (QED) is 0.454. The summed E-state index contributed by atoms with van der Waals surface area (Å²) in [5.41, 5.74) is 0.446. The number of carbonyl (C=O) groups excluding carboxylic acids is 4. The van der Waals surface area contributed by atoms with Crippen LogP contribution in [0.5, 0.6) is 0 Å². The lowest BCUT2D eigenvalue weighted by atomic mass is 10.2. The summed E-state index contributed by atoms with van der Waals surface area (Å²) < 4.78 is 39.8. The van der Waals surface area contributed by atoms with Gasteiger partial charge in [-0.15, -0.1) is 0 Å². The van der Waals surface area contributed by atoms with Crippen LogP contribution < -0.4 is 20.4 Å². The highest BCUT2D eigenvalue weighted by molar-refractivity contribution is 5.90. The number of aldehydes is 1. The molecule has 2 aliphatic heterocycles. The molecule has 0 aliphatic carbocycles. The van der Waals surface area contributed by atoms with E-state index in [1.807, 2.05) is 0 Å². The number of cyclic esters (lactones) is 1. The first-order valence-corrected chi connectivity index (χ1v) is 13.1. The Kier molecular flexibility index (Phi) is 11.3. The third-order valence-electron chi connectivity index (χ3n) is 6.47. The molecule has 3 amide bonds. The molecule has 0 radical (unpaired) electrons. The number of hydrogen-bond donors (Lipinski definition) is 2. The normalized spacial score (nSPS) is 17.2. The number of likely N-dealkylation sites (N-methyl/N-ethyl adjacent to an activating group) is 1. The number of hydrogen-bond acceptors (Lipinski definition) is 9. The number of aromatic nitrogens is 1. The van der Waals surface area contributed by atoms with E-state index in [-0.39, 0.29) is 56.1 Å². The number of pyridine rings is 1. The van der Waals surface area contributed by atoms with Crippen LogP contribution in [0.3, 0.4) is 0 Å². The fourth-order valence-electron chi connectivity index (χ4n) is 4.22. The van der Waals surface area contributed by atoms with Gasteiger partial charge < -0.3 is 29.9 Å². The van der Waals surface area contributed by atoms with E-state index in [2.05, 4.69) is 15.6 Å². The number of ether oxygens (including phenoxy) is 2. The third-order valence-corrected chi connectivity index (χ3v) is 6.47. The second-order valence-electron chi connectivity index (χ2n) is 9.20. The zero-order chi connectivity index (χ0) is 29.9. The minimum absolute atomic E-state index is 0.0132. The Morgan fingerprint density at radius 1 is 1.22 bits per heavy atom. The summed E-state index contributed by atoms with van der Waals surface area (Å²) in [6.07, 6.45) is 1.84. The molecule has 2 aromatic rings. The molecule has 2 fully saturated rings. The second kappa shape index (κ2) is 14.9. The smallest absolute Gasteiger partial charge is 0.414 e. The van der Waals surface area contributed by atoms with Gasteiger partial charge in [-0.25, -0.2) is 18.4 Å². The van der Waals surface area contributed by atoms with Crippen molar-refractivity contribution in [3.05, 3.63) is 53.9 Å². The van der Waals surface area contributed by atoms with Crippen molar-refractivity contribution >= 4 is 35.8 Å². The lowest BCUT2D eigenvalue weighted by molar-refractivity contribution is -0.133. The average molecular weight is 577 g/mol. The van der Waals surface area contributed by atoms with Crippen molar-refractivity contribution < 1.29 is 37.4 Å². The van der Waals surface area contributed by atoms with Crippen LogP contribution in [0.15, 0.2) is 36.7 Å². The minimum atomic E-state index is -0.811. The summed E-state index contributed by atoms with van der Waals surface area (Å²) in [6, 6.07) is 5.27. The summed E-state index contributed by atoms with van der Waals surface area (Å²) in [5, 5.41) is 5.35. The maximum atomic E-state index is 14.9. The van der Waals surface area contributed by atoms with E-state index in [9.17, 15) is 28.0 Å². The molecule has 12 nitrogen and oxygen atoms in total. The van der Waals surface area contributed by atoms with Gasteiger partial charge in [-0.2, -0.15) is 0 Å². The van der Waals surface area contributed by atoms with Crippen molar-refractivity contribution in [1.29, 1.82) is 0 Å². The number of nitrogens with zero attached hydrogens (tertiary/aromatic N) is 4. The van der Waals surface area contributed by atoms with Crippen LogP contribution in [0.4, 0.5) is 29.7 Å². The molecule has 0 spiro atoms. The van der Waals surface area contributed by atoms with Gasteiger partial charge in [0.2, 0.25) is 5.91 Å². The van der Waals surface area contributed by atoms with Crippen molar-refractivity contribution in [3.63, 3.8) is 0 Å². The Bertz CT molecular complexity index is 1190. The van der Waals surface area contributed by atoms with E-state index in [0.29, 0.717) is 18.7 Å². The molecular weight excluding hydrogens is 542 g/mol. The zero-order valence-corrected chi connectivity index (χ0v) is 23.1. The molecule has 222 valence electrons. The predicted molar refractivity (Wildman–Crippen MR) is 146 cm³/mol. The topological polar surface area (TPSA) is 133 Å². The summed E-state index contributed by atoms with van der Waals surface area (Å²) in [6.45, 7) is 4.91. The fourth-order valence-corrected chi connectivity index (χ4v) is 4.22. The molecule has 14 heteroatoms. The van der Waals surface area contributed by atoms with Crippen LogP contribution in [0.1, 0.15) is 24.2 Å². The van der Waals surface area contributed by atoms with Crippen LogP contribution >= 0.6 is 0 Å². The summed E-state index contributed by atoms with van der Waals surface area (Å²) in [4.78, 5) is 53.9. The Morgan fingerprint density at radius 3 is 2.44 bits per heavy atom. The Labute approximate surface area is 236 Å². The maximum Gasteiger partial charge on any atom is 0.414 e. The minimum Gasteiger partial charge on any atom is -0.450 e. The van der Waals surface area contributed by atoms with Gasteiger partial charge in [0.15, 0.2) is 17.9 Å². The highest BCUT2D eigenvalue weighted by Crippen LogP contribution is 2.31. The maximum absolute atomic E-state index is 14.9. The van der Waals surface area contributed by atoms with E-state index in [1.165, 1.54) is 6.20 Å². The molecule has 2 unspecified atom stereocenters. The summed E-state index contributed by atoms with van der Waals surface area (Å²) in [7, 11) is 1.69. The van der Waals surface area contributed by atoms with Gasteiger partial charge in [0, 0.05) is 56.3 Å². The van der Waals surface area contributed by atoms with Crippen molar-refractivity contribution in [2.24, 2.45) is 0 Å². The van der Waals surface area contributed by atoms with E-state index in [1.54, 1.807) is 49.0 Å². The van der Waals surface area contributed by atoms with Gasteiger partial charge >= 0.3 is 12.2 Å². The number of amides is 3. The van der Waals surface area contributed by atoms with Gasteiger partial charge in [-0.1, -0.05) is 0 Å². The molecule has 2 atom stereocenters. The fraction of sp³-hybridized carbons (Fsp3) is 0.444. The molecule has 0 bridgehead atoms. The number of anilines is 2. The number of halogens is 2. The molecule has 4 rings (SSSR count). The Morgan fingerprint density at radius 2 is 1.90 bits per heavy atom. The van der Waals surface area contributed by atoms with E-state index >= 15 is 0 Å². The first-order valence-electron chi connectivity index (χ1n) is 13.1. The highest BCUT2D eigenvalue weighted by Gasteiger charge is 2.34. The molecule has 0 saturated carbocycles. The van der Waals surface area contributed by atoms with E-state index in [4.69, 9.17) is 9.47 Å². The number of benzene rings is 1. The first-order chi connectivity index (χ1) is 19.7. The van der Waals surface area contributed by atoms with Crippen LogP contribution in [-0.2, 0) is 14.3 Å². The van der Waals surface area contributed by atoms with Crippen LogP contribution in [0.25, 0.3) is 0 Å². The largest absolute Gasteiger partial charge is 0.450 e. The number of nitrogens with one attached hydrogen (secondary N) is 2. The summed E-state index contributed by atoms with van der Waals surface area (Å²) in [5.74, 6) is -1.68. The van der Waals surface area contributed by atoms with Crippen LogP contribution in [0.2, 0.25) is 0 Å². The summed E-state index contributed by atoms with van der Waals surface area (Å²) >= 11 is 0. The van der Waals surface area contributed by atoms with Crippen molar-refractivity contribution in [3.8, 4) is 0 Å².